The van der Waals surface area contributed by atoms with E-state index in [9.17, 15) is 14.7 Å². The normalized spacial score (nSPS) is 11.1. The molecule has 134 valence electrons. The zero-order chi connectivity index (χ0) is 18.5. The van der Waals surface area contributed by atoms with Crippen molar-refractivity contribution in [3.8, 4) is 5.75 Å². The number of amides is 1. The van der Waals surface area contributed by atoms with Crippen LogP contribution >= 0.6 is 15.9 Å². The lowest BCUT2D eigenvalue weighted by Gasteiger charge is -2.21. The minimum Gasteiger partial charge on any atom is -0.490 e. The van der Waals surface area contributed by atoms with Crippen molar-refractivity contribution >= 4 is 33.8 Å². The monoisotopic (exact) mass is 402 g/mol. The molecule has 24 heavy (non-hydrogen) atoms. The Morgan fingerprint density at radius 2 is 1.96 bits per heavy atom. The standard InChI is InChI=1S/C16H23BrN2O5/c1-6-7-8-23-11-10(14(20)21)9(2)13(18-12(11)17)19-15(22)24-16(3,4)5/h6-8H2,1-5H3,(H,20,21)(H,18,19,22). The Morgan fingerprint density at radius 3 is 2.46 bits per heavy atom. The molecule has 0 atom stereocenters. The summed E-state index contributed by atoms with van der Waals surface area (Å²) in [6.45, 7) is 9.15. The number of hydrogen-bond donors (Lipinski definition) is 2. The Balaban J connectivity index is 3.16. The summed E-state index contributed by atoms with van der Waals surface area (Å²) in [5.41, 5.74) is -0.421. The summed E-state index contributed by atoms with van der Waals surface area (Å²) in [5.74, 6) is -0.895. The van der Waals surface area contributed by atoms with Crippen molar-refractivity contribution in [3.63, 3.8) is 0 Å². The van der Waals surface area contributed by atoms with Gasteiger partial charge < -0.3 is 14.6 Å². The van der Waals surface area contributed by atoms with Gasteiger partial charge in [-0.15, -0.1) is 0 Å². The van der Waals surface area contributed by atoms with Gasteiger partial charge in [0.1, 0.15) is 17.0 Å². The Hall–Kier alpha value is -1.83. The highest BCUT2D eigenvalue weighted by Gasteiger charge is 2.24. The molecule has 0 aliphatic rings. The minimum atomic E-state index is -1.16. The summed E-state index contributed by atoms with van der Waals surface area (Å²) < 4.78 is 10.9. The number of rotatable bonds is 6. The first-order chi connectivity index (χ1) is 11.1. The summed E-state index contributed by atoms with van der Waals surface area (Å²) in [6.07, 6.45) is 1.01. The fourth-order valence-corrected chi connectivity index (χ4v) is 2.34. The first kappa shape index (κ1) is 20.2. The molecular formula is C16H23BrN2O5. The zero-order valence-electron chi connectivity index (χ0n) is 14.5. The Bertz CT molecular complexity index is 626. The van der Waals surface area contributed by atoms with Gasteiger partial charge in [-0.1, -0.05) is 13.3 Å². The average Bonchev–Trinajstić information content (AvgIpc) is 2.41. The van der Waals surface area contributed by atoms with Gasteiger partial charge in [0.15, 0.2) is 10.4 Å². The number of aromatic nitrogens is 1. The average molecular weight is 403 g/mol. The third-order valence-electron chi connectivity index (χ3n) is 2.93. The second-order valence-electron chi connectivity index (χ2n) is 6.21. The van der Waals surface area contributed by atoms with E-state index in [0.29, 0.717) is 12.2 Å². The van der Waals surface area contributed by atoms with Crippen molar-refractivity contribution in [1.82, 2.24) is 4.98 Å². The van der Waals surface area contributed by atoms with Crippen molar-refractivity contribution in [1.29, 1.82) is 0 Å². The van der Waals surface area contributed by atoms with Crippen LogP contribution in [-0.4, -0.2) is 34.4 Å². The summed E-state index contributed by atoms with van der Waals surface area (Å²) in [5, 5.41) is 12.0. The van der Waals surface area contributed by atoms with Gasteiger partial charge in [-0.25, -0.2) is 14.6 Å². The fraction of sp³-hybridized carbons (Fsp3) is 0.562. The van der Waals surface area contributed by atoms with E-state index in [2.05, 4.69) is 26.2 Å². The molecule has 0 saturated heterocycles. The molecule has 1 rings (SSSR count). The molecule has 1 amide bonds. The summed E-state index contributed by atoms with van der Waals surface area (Å²) in [6, 6.07) is 0. The number of carbonyl (C=O) groups is 2. The molecule has 2 N–H and O–H groups in total. The zero-order valence-corrected chi connectivity index (χ0v) is 16.1. The van der Waals surface area contributed by atoms with Crippen molar-refractivity contribution in [2.45, 2.75) is 53.1 Å². The van der Waals surface area contributed by atoms with Crippen LogP contribution in [-0.2, 0) is 4.74 Å². The number of carboxylic acids is 1. The lowest BCUT2D eigenvalue weighted by molar-refractivity contribution is 0.0631. The van der Waals surface area contributed by atoms with Gasteiger partial charge in [0, 0.05) is 5.56 Å². The van der Waals surface area contributed by atoms with E-state index in [4.69, 9.17) is 9.47 Å². The summed E-state index contributed by atoms with van der Waals surface area (Å²) >= 11 is 3.21. The van der Waals surface area contributed by atoms with E-state index in [1.165, 1.54) is 0 Å². The molecule has 1 heterocycles. The highest BCUT2D eigenvalue weighted by Crippen LogP contribution is 2.34. The second-order valence-corrected chi connectivity index (χ2v) is 6.97. The number of ether oxygens (including phenoxy) is 2. The van der Waals surface area contributed by atoms with Crippen LogP contribution in [0.2, 0.25) is 0 Å². The van der Waals surface area contributed by atoms with Crippen LogP contribution < -0.4 is 10.1 Å². The van der Waals surface area contributed by atoms with Crippen LogP contribution in [0.1, 0.15) is 56.5 Å². The lowest BCUT2D eigenvalue weighted by Crippen LogP contribution is -2.28. The number of carboxylic acid groups (broad SMARTS) is 1. The van der Waals surface area contributed by atoms with Crippen LogP contribution in [0.15, 0.2) is 4.60 Å². The first-order valence-electron chi connectivity index (χ1n) is 7.63. The third kappa shape index (κ3) is 5.67. The smallest absolute Gasteiger partial charge is 0.413 e. The molecule has 0 aliphatic carbocycles. The minimum absolute atomic E-state index is 0.0426. The van der Waals surface area contributed by atoms with E-state index in [1.54, 1.807) is 27.7 Å². The number of nitrogens with zero attached hydrogens (tertiary/aromatic N) is 1. The molecule has 0 bridgehead atoms. The maximum atomic E-state index is 11.9. The largest absolute Gasteiger partial charge is 0.490 e. The molecule has 1 aromatic heterocycles. The van der Waals surface area contributed by atoms with E-state index < -0.39 is 17.7 Å². The molecule has 0 radical (unpaired) electrons. The topological polar surface area (TPSA) is 97.8 Å². The van der Waals surface area contributed by atoms with E-state index in [-0.39, 0.29) is 21.7 Å². The summed E-state index contributed by atoms with van der Waals surface area (Å²) in [7, 11) is 0. The predicted molar refractivity (Wildman–Crippen MR) is 93.9 cm³/mol. The highest BCUT2D eigenvalue weighted by molar-refractivity contribution is 9.10. The molecule has 0 unspecified atom stereocenters. The van der Waals surface area contributed by atoms with E-state index in [0.717, 1.165) is 12.8 Å². The molecular weight excluding hydrogens is 380 g/mol. The number of nitrogens with one attached hydrogen (secondary N) is 1. The number of carbonyl (C=O) groups excluding carboxylic acids is 1. The fourth-order valence-electron chi connectivity index (χ4n) is 1.85. The van der Waals surface area contributed by atoms with Gasteiger partial charge >= 0.3 is 12.1 Å². The van der Waals surface area contributed by atoms with Crippen LogP contribution in [0.3, 0.4) is 0 Å². The lowest BCUT2D eigenvalue weighted by atomic mass is 10.1. The molecule has 0 aliphatic heterocycles. The number of pyridine rings is 1. The first-order valence-corrected chi connectivity index (χ1v) is 8.42. The summed E-state index contributed by atoms with van der Waals surface area (Å²) in [4.78, 5) is 27.7. The number of aromatic carboxylic acids is 1. The van der Waals surface area contributed by atoms with E-state index in [1.807, 2.05) is 6.92 Å². The molecule has 0 saturated carbocycles. The number of halogens is 1. The number of hydrogen-bond acceptors (Lipinski definition) is 5. The second kappa shape index (κ2) is 8.32. The van der Waals surface area contributed by atoms with Gasteiger partial charge in [-0.2, -0.15) is 0 Å². The predicted octanol–water partition coefficient (Wildman–Crippen LogP) is 4.38. The quantitative estimate of drug-likeness (QED) is 0.541. The number of anilines is 1. The van der Waals surface area contributed by atoms with Gasteiger partial charge in [-0.3, -0.25) is 5.32 Å². The number of unbranched alkanes of at least 4 members (excludes halogenated alkanes) is 1. The Morgan fingerprint density at radius 1 is 1.33 bits per heavy atom. The molecule has 0 aromatic carbocycles. The SMILES string of the molecule is CCCCOc1c(Br)nc(NC(=O)OC(C)(C)C)c(C)c1C(=O)O. The Kier molecular flexibility index (Phi) is 7.01. The van der Waals surface area contributed by atoms with Crippen LogP contribution in [0.4, 0.5) is 10.6 Å². The maximum Gasteiger partial charge on any atom is 0.413 e. The van der Waals surface area contributed by atoms with Crippen molar-refractivity contribution in [2.24, 2.45) is 0 Å². The Labute approximate surface area is 149 Å². The third-order valence-corrected chi connectivity index (χ3v) is 3.47. The van der Waals surface area contributed by atoms with E-state index >= 15 is 0 Å². The van der Waals surface area contributed by atoms with Gasteiger partial charge in [0.2, 0.25) is 0 Å². The van der Waals surface area contributed by atoms with Gasteiger partial charge in [0.25, 0.3) is 0 Å². The van der Waals surface area contributed by atoms with Crippen LogP contribution in [0.5, 0.6) is 5.75 Å². The van der Waals surface area contributed by atoms with Gasteiger partial charge in [0.05, 0.1) is 6.61 Å². The molecule has 8 heteroatoms. The highest BCUT2D eigenvalue weighted by atomic mass is 79.9. The molecule has 0 fully saturated rings. The molecule has 7 nitrogen and oxygen atoms in total. The molecule has 0 spiro atoms. The maximum absolute atomic E-state index is 11.9. The van der Waals surface area contributed by atoms with Gasteiger partial charge in [-0.05, 0) is 50.0 Å². The molecule has 1 aromatic rings. The van der Waals surface area contributed by atoms with Crippen LogP contribution in [0, 0.1) is 6.92 Å². The van der Waals surface area contributed by atoms with Crippen LogP contribution in [0.25, 0.3) is 0 Å². The van der Waals surface area contributed by atoms with Crippen molar-refractivity contribution in [2.75, 3.05) is 11.9 Å². The van der Waals surface area contributed by atoms with Crippen molar-refractivity contribution < 1.29 is 24.2 Å². The van der Waals surface area contributed by atoms with Crippen molar-refractivity contribution in [3.05, 3.63) is 15.7 Å².